The molecule has 0 saturated heterocycles. The molecule has 6 nitrogen and oxygen atoms in total. The summed E-state index contributed by atoms with van der Waals surface area (Å²) in [4.78, 5) is 28.1. The van der Waals surface area contributed by atoms with Crippen molar-refractivity contribution in [3.8, 4) is 0 Å². The molecule has 0 heterocycles. The number of carboxylic acid groups (broad SMARTS) is 3. The molecule has 0 bridgehead atoms. The Balaban J connectivity index is -0.000000186. The van der Waals surface area contributed by atoms with Crippen molar-refractivity contribution in [3.05, 3.63) is 12.2 Å². The van der Waals surface area contributed by atoms with E-state index in [0.717, 1.165) is 19.3 Å². The first kappa shape index (κ1) is 42.2. The van der Waals surface area contributed by atoms with Crippen LogP contribution in [0.1, 0.15) is 96.8 Å². The normalized spacial score (nSPS) is 9.28. The van der Waals surface area contributed by atoms with E-state index in [1.165, 1.54) is 64.2 Å². The average molecular weight is 487 g/mol. The Kier molecular flexibility index (Phi) is 51.9. The van der Waals surface area contributed by atoms with E-state index >= 15 is 0 Å². The quantitative estimate of drug-likeness (QED) is 0.0981. The minimum Gasteiger partial charge on any atom is -0.550 e. The number of carbonyl (C=O) groups is 3. The first-order valence-electron chi connectivity index (χ1n) is 9.69. The van der Waals surface area contributed by atoms with Gasteiger partial charge < -0.3 is 29.7 Å². The van der Waals surface area contributed by atoms with Gasteiger partial charge in [0.15, 0.2) is 0 Å². The van der Waals surface area contributed by atoms with Gasteiger partial charge in [0, 0.05) is 5.97 Å². The minimum absolute atomic E-state index is 0. The number of allylic oxidation sites excluding steroid dienone is 2. The Hall–Kier alpha value is 3.06. The predicted octanol–water partition coefficient (Wildman–Crippen LogP) is -7.73. The van der Waals surface area contributed by atoms with Gasteiger partial charge >= 0.3 is 154 Å². The van der Waals surface area contributed by atoms with Crippen molar-refractivity contribution >= 4 is 17.9 Å². The van der Waals surface area contributed by atoms with E-state index in [1.54, 1.807) is 0 Å². The molecule has 0 fully saturated rings. The van der Waals surface area contributed by atoms with Crippen LogP contribution < -0.4 is 169 Å². The van der Waals surface area contributed by atoms with E-state index < -0.39 is 17.9 Å². The van der Waals surface area contributed by atoms with Crippen LogP contribution >= 0.6 is 0 Å². The van der Waals surface area contributed by atoms with Gasteiger partial charge in [-0.3, -0.25) is 0 Å². The van der Waals surface area contributed by atoms with Crippen LogP contribution in [0.4, 0.5) is 0 Å². The Morgan fingerprint density at radius 3 is 1.28 bits per heavy atom. The predicted molar refractivity (Wildman–Crippen MR) is 94.5 cm³/mol. The molecule has 0 amide bonds. The summed E-state index contributed by atoms with van der Waals surface area (Å²) in [6.07, 6.45) is 20.9. The Morgan fingerprint density at radius 1 is 0.586 bits per heavy atom. The molecule has 9 heteroatoms. The molecule has 0 saturated carbocycles. The van der Waals surface area contributed by atoms with Gasteiger partial charge in [-0.25, -0.2) is 0 Å². The van der Waals surface area contributed by atoms with Crippen LogP contribution in [0, 0.1) is 0 Å². The standard InChI is InChI=1S/C18H34O2.C2H2O4.3K/c1-2-3-4-5-6-7-8-9-10-11-12-13-14-15-16-17-18(19)20;3-1(4)2(5)6;;;/h9-10H,2-8,11-17H2,1H3,(H,19,20);(H,3,4)(H,5,6);;;/q;;3*+1/p-3/b10-9-;;;;. The van der Waals surface area contributed by atoms with E-state index in [9.17, 15) is 9.90 Å². The van der Waals surface area contributed by atoms with E-state index in [-0.39, 0.29) is 161 Å². The summed E-state index contributed by atoms with van der Waals surface area (Å²) in [7, 11) is 0. The van der Waals surface area contributed by atoms with Crippen molar-refractivity contribution in [1.29, 1.82) is 0 Å². The van der Waals surface area contributed by atoms with Crippen molar-refractivity contribution in [2.75, 3.05) is 0 Å². The zero-order valence-corrected chi connectivity index (χ0v) is 28.4. The fraction of sp³-hybridized carbons (Fsp3) is 0.750. The first-order chi connectivity index (χ1) is 12.4. The van der Waals surface area contributed by atoms with Crippen LogP contribution in [0.2, 0.25) is 0 Å². The van der Waals surface area contributed by atoms with Gasteiger partial charge in [-0.05, 0) is 38.5 Å². The van der Waals surface area contributed by atoms with Crippen LogP contribution in [0.15, 0.2) is 12.2 Å². The molecule has 0 unspecified atom stereocenters. The molecule has 0 atom stereocenters. The second kappa shape index (κ2) is 35.6. The summed E-state index contributed by atoms with van der Waals surface area (Å²) in [6.45, 7) is 2.26. The Labute approximate surface area is 304 Å². The van der Waals surface area contributed by atoms with E-state index in [0.29, 0.717) is 0 Å². The molecule has 0 aliphatic carbocycles. The average Bonchev–Trinajstić information content (AvgIpc) is 2.58. The summed E-state index contributed by atoms with van der Waals surface area (Å²) < 4.78 is 0. The molecular weight excluding hydrogens is 454 g/mol. The van der Waals surface area contributed by atoms with Crippen molar-refractivity contribution in [2.24, 2.45) is 0 Å². The number of hydrogen-bond acceptors (Lipinski definition) is 6. The van der Waals surface area contributed by atoms with Gasteiger partial charge in [0.2, 0.25) is 0 Å². The maximum atomic E-state index is 10.2. The van der Waals surface area contributed by atoms with Crippen LogP contribution in [-0.4, -0.2) is 17.9 Å². The number of carboxylic acids is 3. The van der Waals surface area contributed by atoms with E-state index in [1.807, 2.05) is 0 Å². The van der Waals surface area contributed by atoms with Gasteiger partial charge in [0.05, 0.1) is 11.9 Å². The molecule has 0 aliphatic rings. The molecule has 0 spiro atoms. The van der Waals surface area contributed by atoms with Crippen LogP contribution in [0.25, 0.3) is 0 Å². The number of aliphatic carboxylic acids is 3. The SMILES string of the molecule is CCCCCCCC/C=C\CCCCCCCC(=O)[O-].O=C([O-])C(=O)[O-].[K+].[K+].[K+]. The van der Waals surface area contributed by atoms with Crippen molar-refractivity contribution in [1.82, 2.24) is 0 Å². The van der Waals surface area contributed by atoms with Crippen molar-refractivity contribution in [2.45, 2.75) is 96.8 Å². The van der Waals surface area contributed by atoms with E-state index in [4.69, 9.17) is 19.8 Å². The summed E-state index contributed by atoms with van der Waals surface area (Å²) in [5, 5.41) is 28.1. The topological polar surface area (TPSA) is 120 Å². The molecule has 0 aromatic rings. The van der Waals surface area contributed by atoms with Crippen molar-refractivity contribution in [3.63, 3.8) is 0 Å². The third-order valence-electron chi connectivity index (χ3n) is 3.81. The maximum Gasteiger partial charge on any atom is 1.00 e. The van der Waals surface area contributed by atoms with E-state index in [2.05, 4.69) is 19.1 Å². The molecule has 0 aromatic carbocycles. The monoisotopic (exact) mass is 486 g/mol. The molecule has 0 radical (unpaired) electrons. The fourth-order valence-corrected chi connectivity index (χ4v) is 2.34. The summed E-state index contributed by atoms with van der Waals surface area (Å²) in [5.74, 6) is -5.28. The molecule has 0 N–H and O–H groups in total. The third-order valence-corrected chi connectivity index (χ3v) is 3.81. The number of hydrogen-bond donors (Lipinski definition) is 0. The summed E-state index contributed by atoms with van der Waals surface area (Å²) in [6, 6.07) is 0. The number of carbonyl (C=O) groups excluding carboxylic acids is 3. The van der Waals surface area contributed by atoms with Gasteiger partial charge in [-0.2, -0.15) is 0 Å². The maximum absolute atomic E-state index is 10.2. The van der Waals surface area contributed by atoms with Crippen LogP contribution in [-0.2, 0) is 14.4 Å². The molecule has 0 rings (SSSR count). The van der Waals surface area contributed by atoms with Gasteiger partial charge in [0.1, 0.15) is 0 Å². The second-order valence-corrected chi connectivity index (χ2v) is 6.28. The minimum atomic E-state index is -2.19. The zero-order chi connectivity index (χ0) is 20.0. The second-order valence-electron chi connectivity index (χ2n) is 6.28. The third kappa shape index (κ3) is 45.3. The Morgan fingerprint density at radius 2 is 0.931 bits per heavy atom. The summed E-state index contributed by atoms with van der Waals surface area (Å²) >= 11 is 0. The largest absolute Gasteiger partial charge is 1.00 e. The molecule has 152 valence electrons. The molecule has 0 aromatic heterocycles. The van der Waals surface area contributed by atoms with Gasteiger partial charge in [0.25, 0.3) is 0 Å². The Bertz CT molecular complexity index is 392. The van der Waals surface area contributed by atoms with Gasteiger partial charge in [-0.1, -0.05) is 70.4 Å². The van der Waals surface area contributed by atoms with Crippen LogP contribution in [0.5, 0.6) is 0 Å². The summed E-state index contributed by atoms with van der Waals surface area (Å²) in [5.41, 5.74) is 0. The number of unbranched alkanes of at least 4 members (excludes halogenated alkanes) is 11. The molecule has 29 heavy (non-hydrogen) atoms. The first-order valence-corrected chi connectivity index (χ1v) is 9.69. The molecule has 0 aliphatic heterocycles. The zero-order valence-electron chi connectivity index (χ0n) is 19.0. The fourth-order valence-electron chi connectivity index (χ4n) is 2.34. The molecular formula is C20H33K3O6. The number of rotatable bonds is 15. The van der Waals surface area contributed by atoms with Crippen molar-refractivity contribution < 1.29 is 184 Å². The van der Waals surface area contributed by atoms with Gasteiger partial charge in [-0.15, -0.1) is 0 Å². The van der Waals surface area contributed by atoms with Crippen LogP contribution in [0.3, 0.4) is 0 Å². The smallest absolute Gasteiger partial charge is 0.550 e.